The van der Waals surface area contributed by atoms with Gasteiger partial charge in [0.05, 0.1) is 17.7 Å². The maximum Gasteiger partial charge on any atom is 0.311 e. The van der Waals surface area contributed by atoms with Crippen molar-refractivity contribution in [3.05, 3.63) is 51.1 Å². The molecule has 0 aliphatic heterocycles. The molecular formula is C20H26N4O4. The number of phenolic OH excluding ortho intramolecular Hbond substituents is 1. The fourth-order valence-corrected chi connectivity index (χ4v) is 2.92. The average Bonchev–Trinajstić information content (AvgIpc) is 2.69. The van der Waals surface area contributed by atoms with E-state index in [9.17, 15) is 15.2 Å². The fourth-order valence-electron chi connectivity index (χ4n) is 2.92. The van der Waals surface area contributed by atoms with E-state index >= 15 is 0 Å². The van der Waals surface area contributed by atoms with Gasteiger partial charge in [-0.15, -0.1) is 5.11 Å². The Balaban J connectivity index is 2.42. The lowest BCUT2D eigenvalue weighted by atomic mass is 10.0. The van der Waals surface area contributed by atoms with Crippen LogP contribution in [0, 0.1) is 24.0 Å². The van der Waals surface area contributed by atoms with Gasteiger partial charge in [-0.05, 0) is 49.7 Å². The maximum absolute atomic E-state index is 11.0. The molecule has 8 nitrogen and oxygen atoms in total. The van der Waals surface area contributed by atoms with Crippen LogP contribution in [0.3, 0.4) is 0 Å². The summed E-state index contributed by atoms with van der Waals surface area (Å²) in [5.41, 5.74) is 3.31. The van der Waals surface area contributed by atoms with E-state index in [0.29, 0.717) is 11.4 Å². The summed E-state index contributed by atoms with van der Waals surface area (Å²) in [6.45, 7) is 10.6. The molecule has 28 heavy (non-hydrogen) atoms. The van der Waals surface area contributed by atoms with Crippen molar-refractivity contribution in [1.82, 2.24) is 4.90 Å². The van der Waals surface area contributed by atoms with E-state index in [1.807, 2.05) is 19.9 Å². The van der Waals surface area contributed by atoms with Gasteiger partial charge in [-0.25, -0.2) is 0 Å². The van der Waals surface area contributed by atoms with Gasteiger partial charge in [0.15, 0.2) is 5.75 Å². The van der Waals surface area contributed by atoms with Gasteiger partial charge < -0.3 is 9.84 Å². The zero-order valence-electron chi connectivity index (χ0n) is 16.9. The lowest BCUT2D eigenvalue weighted by Crippen LogP contribution is -2.22. The van der Waals surface area contributed by atoms with E-state index in [1.165, 1.54) is 25.3 Å². The molecule has 0 saturated carbocycles. The number of benzene rings is 2. The van der Waals surface area contributed by atoms with Crippen molar-refractivity contribution in [3.63, 3.8) is 0 Å². The molecule has 0 amide bonds. The van der Waals surface area contributed by atoms with Crippen LogP contribution in [0.2, 0.25) is 0 Å². The summed E-state index contributed by atoms with van der Waals surface area (Å²) in [6, 6.07) is 6.22. The highest BCUT2D eigenvalue weighted by Gasteiger charge is 2.16. The van der Waals surface area contributed by atoms with Crippen LogP contribution in [0.25, 0.3) is 0 Å². The molecule has 2 rings (SSSR count). The molecule has 8 heteroatoms. The zero-order chi connectivity index (χ0) is 20.8. The van der Waals surface area contributed by atoms with Crippen LogP contribution in [-0.2, 0) is 6.54 Å². The predicted octanol–water partition coefficient (Wildman–Crippen LogP) is 5.18. The molecule has 0 aliphatic rings. The van der Waals surface area contributed by atoms with Crippen LogP contribution >= 0.6 is 0 Å². The molecule has 0 radical (unpaired) electrons. The van der Waals surface area contributed by atoms with E-state index in [2.05, 4.69) is 29.0 Å². The first-order valence-corrected chi connectivity index (χ1v) is 9.10. The summed E-state index contributed by atoms with van der Waals surface area (Å²) in [5, 5.41) is 29.9. The third kappa shape index (κ3) is 4.64. The number of hydrogen-bond acceptors (Lipinski definition) is 7. The van der Waals surface area contributed by atoms with E-state index in [-0.39, 0.29) is 17.2 Å². The number of nitrogens with zero attached hydrogens (tertiary/aromatic N) is 4. The molecule has 1 N–H and O–H groups in total. The fraction of sp³-hybridized carbons (Fsp3) is 0.400. The van der Waals surface area contributed by atoms with Gasteiger partial charge in [-0.2, -0.15) is 5.11 Å². The molecule has 0 aromatic heterocycles. The first-order valence-electron chi connectivity index (χ1n) is 9.10. The predicted molar refractivity (Wildman–Crippen MR) is 108 cm³/mol. The molecule has 0 fully saturated rings. The summed E-state index contributed by atoms with van der Waals surface area (Å²) in [7, 11) is 1.36. The Morgan fingerprint density at radius 3 is 2.43 bits per heavy atom. The second kappa shape index (κ2) is 9.27. The number of rotatable bonds is 8. The van der Waals surface area contributed by atoms with Crippen molar-refractivity contribution in [2.75, 3.05) is 20.2 Å². The monoisotopic (exact) mass is 386 g/mol. The molecule has 0 spiro atoms. The molecule has 0 aliphatic carbocycles. The first-order chi connectivity index (χ1) is 13.3. The first kappa shape index (κ1) is 21.3. The second-order valence-electron chi connectivity index (χ2n) is 6.45. The SMILES string of the molecule is CCN(CC)Cc1cc(C)c(O)c(N=Nc2ccc([N+](=O)[O-])c(OC)c2)c1C. The van der Waals surface area contributed by atoms with Gasteiger partial charge in [0.25, 0.3) is 0 Å². The molecular weight excluding hydrogens is 360 g/mol. The maximum atomic E-state index is 11.0. The second-order valence-corrected chi connectivity index (χ2v) is 6.45. The van der Waals surface area contributed by atoms with Gasteiger partial charge in [-0.1, -0.05) is 19.9 Å². The highest BCUT2D eigenvalue weighted by Crippen LogP contribution is 2.38. The number of azo groups is 1. The molecule has 0 unspecified atom stereocenters. The number of nitro benzene ring substituents is 1. The smallest absolute Gasteiger partial charge is 0.311 e. The number of aromatic hydroxyl groups is 1. The average molecular weight is 386 g/mol. The van der Waals surface area contributed by atoms with Crippen LogP contribution in [0.15, 0.2) is 34.5 Å². The molecule has 2 aromatic carbocycles. The van der Waals surface area contributed by atoms with Crippen LogP contribution in [0.5, 0.6) is 11.5 Å². The number of hydrogen-bond donors (Lipinski definition) is 1. The van der Waals surface area contributed by atoms with Crippen LogP contribution in [-0.4, -0.2) is 35.1 Å². The van der Waals surface area contributed by atoms with Crippen molar-refractivity contribution in [3.8, 4) is 11.5 Å². The minimum absolute atomic E-state index is 0.0819. The normalized spacial score (nSPS) is 11.4. The highest BCUT2D eigenvalue weighted by atomic mass is 16.6. The van der Waals surface area contributed by atoms with Crippen LogP contribution < -0.4 is 4.74 Å². The molecule has 0 saturated heterocycles. The van der Waals surface area contributed by atoms with Crippen molar-refractivity contribution >= 4 is 17.1 Å². The zero-order valence-corrected chi connectivity index (χ0v) is 16.9. The highest BCUT2D eigenvalue weighted by molar-refractivity contribution is 5.63. The van der Waals surface area contributed by atoms with Gasteiger partial charge in [0, 0.05) is 18.7 Å². The Morgan fingerprint density at radius 2 is 1.86 bits per heavy atom. The van der Waals surface area contributed by atoms with Gasteiger partial charge >= 0.3 is 5.69 Å². The Hall–Kier alpha value is -3.00. The molecule has 0 heterocycles. The van der Waals surface area contributed by atoms with E-state index < -0.39 is 4.92 Å². The number of nitro groups is 1. The van der Waals surface area contributed by atoms with E-state index in [0.717, 1.165) is 36.3 Å². The quantitative estimate of drug-likeness (QED) is 0.382. The number of methoxy groups -OCH3 is 1. The standard InChI is InChI=1S/C20H26N4O4/c1-6-23(7-2)12-15-10-13(3)20(25)19(14(15)4)22-21-16-8-9-17(24(26)27)18(11-16)28-5/h8-11,25H,6-7,12H2,1-5H3. The van der Waals surface area contributed by atoms with Gasteiger partial charge in [0.1, 0.15) is 11.4 Å². The van der Waals surface area contributed by atoms with E-state index in [4.69, 9.17) is 4.74 Å². The molecule has 2 aromatic rings. The van der Waals surface area contributed by atoms with E-state index in [1.54, 1.807) is 0 Å². The molecule has 0 atom stereocenters. The summed E-state index contributed by atoms with van der Waals surface area (Å²) in [5.74, 6) is 0.187. The molecule has 150 valence electrons. The molecule has 0 bridgehead atoms. The Kier molecular flexibility index (Phi) is 7.06. The third-order valence-corrected chi connectivity index (χ3v) is 4.74. The summed E-state index contributed by atoms with van der Waals surface area (Å²) in [6.07, 6.45) is 0. The van der Waals surface area contributed by atoms with Crippen molar-refractivity contribution < 1.29 is 14.8 Å². The lowest BCUT2D eigenvalue weighted by molar-refractivity contribution is -0.385. The summed E-state index contributed by atoms with van der Waals surface area (Å²) >= 11 is 0. The summed E-state index contributed by atoms with van der Waals surface area (Å²) in [4.78, 5) is 12.8. The third-order valence-electron chi connectivity index (χ3n) is 4.74. The largest absolute Gasteiger partial charge is 0.505 e. The van der Waals surface area contributed by atoms with Crippen LogP contribution in [0.1, 0.15) is 30.5 Å². The number of aryl methyl sites for hydroxylation is 1. The van der Waals surface area contributed by atoms with Crippen LogP contribution in [0.4, 0.5) is 17.1 Å². The number of phenols is 1. The number of ether oxygens (including phenoxy) is 1. The summed E-state index contributed by atoms with van der Waals surface area (Å²) < 4.78 is 5.06. The van der Waals surface area contributed by atoms with Gasteiger partial charge in [0.2, 0.25) is 0 Å². The topological polar surface area (TPSA) is 101 Å². The minimum atomic E-state index is -0.518. The minimum Gasteiger partial charge on any atom is -0.505 e. The van der Waals surface area contributed by atoms with Crippen molar-refractivity contribution in [2.24, 2.45) is 10.2 Å². The van der Waals surface area contributed by atoms with Crippen molar-refractivity contribution in [2.45, 2.75) is 34.2 Å². The Morgan fingerprint density at radius 1 is 1.18 bits per heavy atom. The van der Waals surface area contributed by atoms with Gasteiger partial charge in [-0.3, -0.25) is 15.0 Å². The Labute approximate surface area is 164 Å². The Bertz CT molecular complexity index is 892. The van der Waals surface area contributed by atoms with Crippen molar-refractivity contribution in [1.29, 1.82) is 0 Å². The lowest BCUT2D eigenvalue weighted by Gasteiger charge is -2.21.